The number of aromatic nitrogens is 1. The second kappa shape index (κ2) is 4.35. The highest BCUT2D eigenvalue weighted by Gasteiger charge is 2.06. The smallest absolute Gasteiger partial charge is 0.178 e. The molecule has 13 heavy (non-hydrogen) atoms. The lowest BCUT2D eigenvalue weighted by Gasteiger charge is -2.01. The van der Waals surface area contributed by atoms with Gasteiger partial charge in [-0.3, -0.25) is 4.79 Å². The van der Waals surface area contributed by atoms with Gasteiger partial charge in [-0.25, -0.2) is 4.98 Å². The van der Waals surface area contributed by atoms with Crippen molar-refractivity contribution in [2.45, 2.75) is 6.92 Å². The number of hydrogen-bond acceptors (Lipinski definition) is 3. The number of nitrogens with zero attached hydrogens (tertiary/aromatic N) is 1. The quantitative estimate of drug-likeness (QED) is 0.591. The predicted molar refractivity (Wildman–Crippen MR) is 52.2 cm³/mol. The van der Waals surface area contributed by atoms with E-state index in [9.17, 15) is 4.79 Å². The molecule has 1 N–H and O–H groups in total. The molecule has 0 atom stereocenters. The summed E-state index contributed by atoms with van der Waals surface area (Å²) in [6.07, 6.45) is 1.50. The molecule has 0 saturated heterocycles. The molecule has 1 rings (SSSR count). The van der Waals surface area contributed by atoms with Crippen molar-refractivity contribution in [3.05, 3.63) is 28.5 Å². The van der Waals surface area contributed by atoms with E-state index in [0.717, 1.165) is 5.56 Å². The molecule has 0 fully saturated rings. The fourth-order valence-electron chi connectivity index (χ4n) is 0.973. The molecule has 0 unspecified atom stereocenters. The number of pyridine rings is 1. The molecule has 0 aliphatic carbocycles. The van der Waals surface area contributed by atoms with E-state index in [2.05, 4.69) is 10.3 Å². The lowest BCUT2D eigenvalue weighted by molar-refractivity contribution is 0.0993. The fraction of sp³-hybridized carbons (Fsp3) is 0.333. The van der Waals surface area contributed by atoms with Gasteiger partial charge in [0.1, 0.15) is 5.15 Å². The molecule has 0 spiro atoms. The Balaban J connectivity index is 2.90. The second-order valence-corrected chi connectivity index (χ2v) is 3.14. The minimum absolute atomic E-state index is 0.0229. The molecule has 0 aromatic carbocycles. The Labute approximate surface area is 82.1 Å². The highest BCUT2D eigenvalue weighted by atomic mass is 35.5. The Kier molecular flexibility index (Phi) is 3.39. The molecule has 1 aromatic heterocycles. The third-order valence-corrected chi connectivity index (χ3v) is 2.07. The number of carbonyl (C=O) groups is 1. The van der Waals surface area contributed by atoms with Crippen molar-refractivity contribution in [2.75, 3.05) is 13.6 Å². The highest BCUT2D eigenvalue weighted by Crippen LogP contribution is 2.12. The largest absolute Gasteiger partial charge is 0.313 e. The minimum atomic E-state index is 0.0229. The zero-order valence-corrected chi connectivity index (χ0v) is 8.35. The van der Waals surface area contributed by atoms with Gasteiger partial charge in [-0.15, -0.1) is 0 Å². The van der Waals surface area contributed by atoms with Crippen molar-refractivity contribution < 1.29 is 4.79 Å². The van der Waals surface area contributed by atoms with E-state index in [-0.39, 0.29) is 5.78 Å². The summed E-state index contributed by atoms with van der Waals surface area (Å²) >= 11 is 5.72. The van der Waals surface area contributed by atoms with Gasteiger partial charge in [0.25, 0.3) is 0 Å². The predicted octanol–water partition coefficient (Wildman–Crippen LogP) is 1.45. The third kappa shape index (κ3) is 2.50. The molecule has 0 amide bonds. The Morgan fingerprint density at radius 1 is 1.69 bits per heavy atom. The van der Waals surface area contributed by atoms with E-state index >= 15 is 0 Å². The van der Waals surface area contributed by atoms with Crippen LogP contribution in [0.2, 0.25) is 5.15 Å². The summed E-state index contributed by atoms with van der Waals surface area (Å²) in [5.41, 5.74) is 1.42. The zero-order valence-electron chi connectivity index (χ0n) is 7.60. The van der Waals surface area contributed by atoms with E-state index < -0.39 is 0 Å². The summed E-state index contributed by atoms with van der Waals surface area (Å²) in [6, 6.07) is 1.75. The van der Waals surface area contributed by atoms with Crippen LogP contribution in [0.15, 0.2) is 12.3 Å². The van der Waals surface area contributed by atoms with Crippen LogP contribution in [-0.4, -0.2) is 24.4 Å². The summed E-state index contributed by atoms with van der Waals surface area (Å²) in [6.45, 7) is 2.15. The van der Waals surface area contributed by atoms with Crippen molar-refractivity contribution in [1.82, 2.24) is 10.3 Å². The molecule has 0 saturated carbocycles. The van der Waals surface area contributed by atoms with Crippen LogP contribution in [0.1, 0.15) is 15.9 Å². The molecule has 0 aliphatic heterocycles. The van der Waals surface area contributed by atoms with E-state index in [1.807, 2.05) is 6.92 Å². The lowest BCUT2D eigenvalue weighted by Crippen LogP contribution is -2.18. The molecule has 1 heterocycles. The maximum atomic E-state index is 11.4. The van der Waals surface area contributed by atoms with Gasteiger partial charge in [0.15, 0.2) is 5.78 Å². The Morgan fingerprint density at radius 2 is 2.38 bits per heavy atom. The van der Waals surface area contributed by atoms with E-state index in [0.29, 0.717) is 17.3 Å². The van der Waals surface area contributed by atoms with Crippen LogP contribution in [0, 0.1) is 6.92 Å². The number of nitrogens with one attached hydrogen (secondary N) is 1. The first-order valence-corrected chi connectivity index (χ1v) is 4.33. The minimum Gasteiger partial charge on any atom is -0.313 e. The summed E-state index contributed by atoms with van der Waals surface area (Å²) in [5, 5.41) is 3.24. The van der Waals surface area contributed by atoms with Gasteiger partial charge >= 0.3 is 0 Å². The molecular weight excluding hydrogens is 188 g/mol. The van der Waals surface area contributed by atoms with Crippen LogP contribution in [0.4, 0.5) is 0 Å². The molecule has 70 valence electrons. The number of hydrogen-bond donors (Lipinski definition) is 1. The standard InChI is InChI=1S/C9H11ClN2O/c1-6-3-7(4-12-9(6)10)8(13)5-11-2/h3-4,11H,5H2,1-2H3. The van der Waals surface area contributed by atoms with Crippen LogP contribution in [-0.2, 0) is 0 Å². The van der Waals surface area contributed by atoms with E-state index in [1.54, 1.807) is 13.1 Å². The Morgan fingerprint density at radius 3 is 2.92 bits per heavy atom. The number of ketones is 1. The fourth-order valence-corrected chi connectivity index (χ4v) is 1.08. The number of carbonyl (C=O) groups excluding carboxylic acids is 1. The van der Waals surface area contributed by atoms with Gasteiger partial charge < -0.3 is 5.32 Å². The summed E-state index contributed by atoms with van der Waals surface area (Å²) in [7, 11) is 1.73. The van der Waals surface area contributed by atoms with Gasteiger partial charge in [-0.2, -0.15) is 0 Å². The summed E-state index contributed by atoms with van der Waals surface area (Å²) in [4.78, 5) is 15.3. The van der Waals surface area contributed by atoms with E-state index in [1.165, 1.54) is 6.20 Å². The summed E-state index contributed by atoms with van der Waals surface area (Å²) in [5.74, 6) is 0.0229. The SMILES string of the molecule is CNCC(=O)c1cnc(Cl)c(C)c1. The highest BCUT2D eigenvalue weighted by molar-refractivity contribution is 6.30. The monoisotopic (exact) mass is 198 g/mol. The maximum Gasteiger partial charge on any atom is 0.178 e. The second-order valence-electron chi connectivity index (χ2n) is 2.79. The Bertz CT molecular complexity index is 325. The lowest BCUT2D eigenvalue weighted by atomic mass is 10.1. The maximum absolute atomic E-state index is 11.4. The van der Waals surface area contributed by atoms with Gasteiger partial charge in [0.05, 0.1) is 6.54 Å². The van der Waals surface area contributed by atoms with Crippen molar-refractivity contribution in [1.29, 1.82) is 0 Å². The topological polar surface area (TPSA) is 42.0 Å². The Hall–Kier alpha value is -0.930. The third-order valence-electron chi connectivity index (χ3n) is 1.67. The molecule has 3 nitrogen and oxygen atoms in total. The number of likely N-dealkylation sites (N-methyl/N-ethyl adjacent to an activating group) is 1. The van der Waals surface area contributed by atoms with Crippen LogP contribution < -0.4 is 5.32 Å². The average molecular weight is 199 g/mol. The molecular formula is C9H11ClN2O. The van der Waals surface area contributed by atoms with Gasteiger partial charge in [-0.05, 0) is 25.6 Å². The van der Waals surface area contributed by atoms with Crippen LogP contribution >= 0.6 is 11.6 Å². The van der Waals surface area contributed by atoms with Crippen molar-refractivity contribution in [3.63, 3.8) is 0 Å². The number of halogens is 1. The normalized spacial score (nSPS) is 10.1. The molecule has 0 bridgehead atoms. The molecule has 0 radical (unpaired) electrons. The summed E-state index contributed by atoms with van der Waals surface area (Å²) < 4.78 is 0. The molecule has 1 aromatic rings. The van der Waals surface area contributed by atoms with Crippen molar-refractivity contribution in [2.24, 2.45) is 0 Å². The number of Topliss-reactive ketones (excluding diaryl/α,β-unsaturated/α-hetero) is 1. The molecule has 0 aliphatic rings. The first kappa shape index (κ1) is 10.2. The van der Waals surface area contributed by atoms with Gasteiger partial charge in [0, 0.05) is 11.8 Å². The zero-order chi connectivity index (χ0) is 9.84. The van der Waals surface area contributed by atoms with E-state index in [4.69, 9.17) is 11.6 Å². The first-order valence-electron chi connectivity index (χ1n) is 3.95. The number of aryl methyl sites for hydroxylation is 1. The van der Waals surface area contributed by atoms with Crippen molar-refractivity contribution in [3.8, 4) is 0 Å². The van der Waals surface area contributed by atoms with Crippen LogP contribution in [0.25, 0.3) is 0 Å². The average Bonchev–Trinajstić information content (AvgIpc) is 2.10. The molecule has 4 heteroatoms. The van der Waals surface area contributed by atoms with Crippen molar-refractivity contribution >= 4 is 17.4 Å². The van der Waals surface area contributed by atoms with Crippen LogP contribution in [0.3, 0.4) is 0 Å². The first-order chi connectivity index (χ1) is 6.15. The number of rotatable bonds is 3. The van der Waals surface area contributed by atoms with Crippen LogP contribution in [0.5, 0.6) is 0 Å². The van der Waals surface area contributed by atoms with Gasteiger partial charge in [0.2, 0.25) is 0 Å². The van der Waals surface area contributed by atoms with Gasteiger partial charge in [-0.1, -0.05) is 11.6 Å².